The Hall–Kier alpha value is -9.54. The van der Waals surface area contributed by atoms with Gasteiger partial charge in [-0.15, -0.1) is 11.3 Å². The second-order valence-corrected chi connectivity index (χ2v) is 20.7. The topological polar surface area (TPSA) is 8.17 Å². The van der Waals surface area contributed by atoms with Crippen molar-refractivity contribution < 1.29 is 0 Å². The molecule has 0 aliphatic carbocycles. The number of aromatic nitrogens is 1. The fourth-order valence-electron chi connectivity index (χ4n) is 11.7. The molecule has 350 valence electrons. The van der Waals surface area contributed by atoms with E-state index in [1.165, 1.54) is 119 Å². The average Bonchev–Trinajstić information content (AvgIpc) is 4.05. The summed E-state index contributed by atoms with van der Waals surface area (Å²) < 4.78 is 5.00. The molecular formula is C72H46N2S. The molecule has 0 fully saturated rings. The molecule has 0 radical (unpaired) electrons. The van der Waals surface area contributed by atoms with E-state index in [-0.39, 0.29) is 0 Å². The fraction of sp³-hybridized carbons (Fsp3) is 0. The summed E-state index contributed by atoms with van der Waals surface area (Å²) in [6.07, 6.45) is 0. The maximum atomic E-state index is 2.41. The van der Waals surface area contributed by atoms with Gasteiger partial charge in [-0.2, -0.15) is 0 Å². The maximum Gasteiger partial charge on any atom is 0.0541 e. The zero-order valence-electron chi connectivity index (χ0n) is 40.9. The number of para-hydroxylation sites is 1. The lowest BCUT2D eigenvalue weighted by Crippen LogP contribution is -2.09. The molecule has 0 spiro atoms. The van der Waals surface area contributed by atoms with E-state index in [1.54, 1.807) is 0 Å². The van der Waals surface area contributed by atoms with Gasteiger partial charge in [-0.1, -0.05) is 188 Å². The summed E-state index contributed by atoms with van der Waals surface area (Å²) >= 11 is 1.86. The van der Waals surface area contributed by atoms with Gasteiger partial charge in [0.1, 0.15) is 0 Å². The molecule has 15 aromatic rings. The van der Waals surface area contributed by atoms with Crippen LogP contribution in [0.2, 0.25) is 0 Å². The predicted molar refractivity (Wildman–Crippen MR) is 323 cm³/mol. The van der Waals surface area contributed by atoms with Gasteiger partial charge in [0.05, 0.1) is 11.0 Å². The molecule has 2 aromatic heterocycles. The van der Waals surface area contributed by atoms with Crippen LogP contribution in [0.5, 0.6) is 0 Å². The second-order valence-electron chi connectivity index (χ2n) is 19.6. The van der Waals surface area contributed by atoms with Gasteiger partial charge < -0.3 is 9.47 Å². The van der Waals surface area contributed by atoms with Crippen molar-refractivity contribution in [2.24, 2.45) is 0 Å². The van der Waals surface area contributed by atoms with Crippen LogP contribution < -0.4 is 4.90 Å². The molecule has 13 aromatic carbocycles. The zero-order chi connectivity index (χ0) is 49.4. The molecular weight excluding hydrogens is 925 g/mol. The van der Waals surface area contributed by atoms with Gasteiger partial charge in [-0.05, 0) is 168 Å². The third-order valence-electron chi connectivity index (χ3n) is 15.4. The van der Waals surface area contributed by atoms with E-state index >= 15 is 0 Å². The lowest BCUT2D eigenvalue weighted by Gasteiger charge is -2.26. The van der Waals surface area contributed by atoms with E-state index in [2.05, 4.69) is 289 Å². The quantitative estimate of drug-likeness (QED) is 0.138. The standard InChI is InChI=1S/C72H46N2S/c1-3-13-47(14-4-1)48-23-25-49(26-24-48)53-32-40-69-66(44-53)67-45-54(33-41-70(67)74(69)55-15-5-2-6-16-55)51-29-36-57(37-30-51)73(58-38-42-72-68(46-58)64-21-11-12-22-71(64)75-72)56-34-27-50(28-35-56)52-31-39-63-61-19-8-7-17-59(61)60-18-9-10-20-62(60)65(63)43-52/h1-46H. The van der Waals surface area contributed by atoms with Crippen LogP contribution in [0.25, 0.3) is 124 Å². The second kappa shape index (κ2) is 17.6. The minimum atomic E-state index is 1.10. The molecule has 0 atom stereocenters. The molecule has 75 heavy (non-hydrogen) atoms. The summed E-state index contributed by atoms with van der Waals surface area (Å²) in [4.78, 5) is 2.41. The monoisotopic (exact) mass is 970 g/mol. The van der Waals surface area contributed by atoms with Gasteiger partial charge in [-0.25, -0.2) is 0 Å². The summed E-state index contributed by atoms with van der Waals surface area (Å²) in [6, 6.07) is 103. The van der Waals surface area contributed by atoms with E-state index in [1.807, 2.05) is 11.3 Å². The number of benzene rings is 13. The fourth-order valence-corrected chi connectivity index (χ4v) is 12.8. The van der Waals surface area contributed by atoms with E-state index in [0.717, 1.165) is 22.7 Å². The van der Waals surface area contributed by atoms with Gasteiger partial charge in [0, 0.05) is 53.7 Å². The first-order valence-electron chi connectivity index (χ1n) is 25.7. The van der Waals surface area contributed by atoms with Crippen LogP contribution in [0.15, 0.2) is 279 Å². The van der Waals surface area contributed by atoms with Crippen LogP contribution in [0.1, 0.15) is 0 Å². The molecule has 0 amide bonds. The SMILES string of the molecule is c1ccc(-c2ccc(-c3ccc4c(c3)c3cc(-c5ccc(N(c6ccc(-c7ccc8c9ccccc9c9ccccc9c8c7)cc6)c6ccc7sc8ccccc8c7c6)cc5)ccc3n4-c3ccccc3)cc2)cc1. The van der Waals surface area contributed by atoms with Crippen molar-refractivity contribution in [2.75, 3.05) is 4.90 Å². The molecule has 0 bridgehead atoms. The van der Waals surface area contributed by atoms with Crippen LogP contribution in [-0.2, 0) is 0 Å². The summed E-state index contributed by atoms with van der Waals surface area (Å²) in [5.41, 5.74) is 16.4. The van der Waals surface area contributed by atoms with E-state index in [4.69, 9.17) is 0 Å². The highest BCUT2D eigenvalue weighted by atomic mass is 32.1. The van der Waals surface area contributed by atoms with Gasteiger partial charge in [0.15, 0.2) is 0 Å². The molecule has 0 aliphatic heterocycles. The molecule has 2 heterocycles. The van der Waals surface area contributed by atoms with Crippen LogP contribution >= 0.6 is 11.3 Å². The number of rotatable bonds is 8. The Morgan fingerprint density at radius 2 is 0.600 bits per heavy atom. The predicted octanol–water partition coefficient (Wildman–Crippen LogP) is 20.7. The first-order chi connectivity index (χ1) is 37.2. The first-order valence-corrected chi connectivity index (χ1v) is 26.5. The number of thiophene rings is 1. The van der Waals surface area contributed by atoms with Crippen molar-refractivity contribution >= 4 is 103 Å². The van der Waals surface area contributed by atoms with Crippen molar-refractivity contribution in [3.05, 3.63) is 279 Å². The Morgan fingerprint density at radius 3 is 1.16 bits per heavy atom. The lowest BCUT2D eigenvalue weighted by molar-refractivity contribution is 1.18. The number of fused-ring (bicyclic) bond motifs is 12. The highest BCUT2D eigenvalue weighted by molar-refractivity contribution is 7.25. The summed E-state index contributed by atoms with van der Waals surface area (Å²) in [7, 11) is 0. The Bertz CT molecular complexity index is 4630. The molecule has 0 N–H and O–H groups in total. The normalized spacial score (nSPS) is 11.7. The molecule has 0 saturated carbocycles. The van der Waals surface area contributed by atoms with Crippen LogP contribution in [0.3, 0.4) is 0 Å². The Labute approximate surface area is 438 Å². The zero-order valence-corrected chi connectivity index (χ0v) is 41.7. The minimum Gasteiger partial charge on any atom is -0.310 e. The molecule has 2 nitrogen and oxygen atoms in total. The summed E-state index contributed by atoms with van der Waals surface area (Å²) in [5, 5.41) is 12.7. The smallest absolute Gasteiger partial charge is 0.0541 e. The Morgan fingerprint density at radius 1 is 0.227 bits per heavy atom. The van der Waals surface area contributed by atoms with Crippen molar-refractivity contribution in [3.63, 3.8) is 0 Å². The lowest BCUT2D eigenvalue weighted by atomic mass is 9.92. The summed E-state index contributed by atoms with van der Waals surface area (Å²) in [5.74, 6) is 0. The number of hydrogen-bond donors (Lipinski definition) is 0. The van der Waals surface area contributed by atoms with Gasteiger partial charge in [0.25, 0.3) is 0 Å². The van der Waals surface area contributed by atoms with Gasteiger partial charge in [-0.3, -0.25) is 0 Å². The molecule has 0 saturated heterocycles. The number of nitrogens with zero attached hydrogens (tertiary/aromatic N) is 2. The van der Waals surface area contributed by atoms with E-state index < -0.39 is 0 Å². The summed E-state index contributed by atoms with van der Waals surface area (Å²) in [6.45, 7) is 0. The minimum absolute atomic E-state index is 1.10. The van der Waals surface area contributed by atoms with Gasteiger partial charge in [0.2, 0.25) is 0 Å². The van der Waals surface area contributed by atoms with Gasteiger partial charge >= 0.3 is 0 Å². The molecule has 15 rings (SSSR count). The van der Waals surface area contributed by atoms with Crippen molar-refractivity contribution in [2.45, 2.75) is 0 Å². The highest BCUT2D eigenvalue weighted by Crippen LogP contribution is 2.44. The number of hydrogen-bond acceptors (Lipinski definition) is 2. The van der Waals surface area contributed by atoms with Crippen LogP contribution in [0.4, 0.5) is 17.1 Å². The van der Waals surface area contributed by atoms with Crippen LogP contribution in [0, 0.1) is 0 Å². The van der Waals surface area contributed by atoms with Crippen molar-refractivity contribution in [1.29, 1.82) is 0 Å². The molecule has 3 heteroatoms. The number of anilines is 3. The average molecular weight is 971 g/mol. The van der Waals surface area contributed by atoms with Crippen molar-refractivity contribution in [3.8, 4) is 50.2 Å². The van der Waals surface area contributed by atoms with Crippen molar-refractivity contribution in [1.82, 2.24) is 4.57 Å². The van der Waals surface area contributed by atoms with E-state index in [9.17, 15) is 0 Å². The van der Waals surface area contributed by atoms with E-state index in [0.29, 0.717) is 0 Å². The first kappa shape index (κ1) is 43.1. The molecule has 0 aliphatic rings. The third-order valence-corrected chi connectivity index (χ3v) is 16.5. The Balaban J connectivity index is 0.822. The largest absolute Gasteiger partial charge is 0.310 e. The Kier molecular flexibility index (Phi) is 10.1. The maximum absolute atomic E-state index is 2.41. The highest BCUT2D eigenvalue weighted by Gasteiger charge is 2.19. The molecule has 0 unspecified atom stereocenters. The van der Waals surface area contributed by atoms with Crippen LogP contribution in [-0.4, -0.2) is 4.57 Å². The third kappa shape index (κ3) is 7.31.